The van der Waals surface area contributed by atoms with Gasteiger partial charge in [-0.05, 0) is 50.8 Å². The molecule has 0 bridgehead atoms. The first-order chi connectivity index (χ1) is 13.0. The summed E-state index contributed by atoms with van der Waals surface area (Å²) in [6, 6.07) is 15.8. The fourth-order valence-electron chi connectivity index (χ4n) is 4.00. The average molecular weight is 360 g/mol. The lowest BCUT2D eigenvalue weighted by molar-refractivity contribution is -0.138. The van der Waals surface area contributed by atoms with Gasteiger partial charge in [-0.2, -0.15) is 0 Å². The van der Waals surface area contributed by atoms with Crippen molar-refractivity contribution >= 4 is 23.1 Å². The number of fused-ring (bicyclic) bond motifs is 1. The summed E-state index contributed by atoms with van der Waals surface area (Å²) >= 11 is 0. The van der Waals surface area contributed by atoms with E-state index in [1.165, 1.54) is 10.5 Å². The molecule has 2 aliphatic rings. The molecule has 0 saturated carbocycles. The number of amides is 2. The number of carbonyl (C=O) groups excluding carboxylic acids is 2. The minimum atomic E-state index is -0.197. The summed E-state index contributed by atoms with van der Waals surface area (Å²) < 4.78 is 0. The van der Waals surface area contributed by atoms with Crippen LogP contribution in [0.5, 0.6) is 0 Å². The molecule has 2 aliphatic heterocycles. The van der Waals surface area contributed by atoms with Crippen LogP contribution in [-0.2, 0) is 16.0 Å². The normalized spacial score (nSPS) is 17.2. The number of carbonyl (C=O) groups is 2. The van der Waals surface area contributed by atoms with Gasteiger partial charge in [-0.1, -0.05) is 48.0 Å². The van der Waals surface area contributed by atoms with Crippen molar-refractivity contribution < 1.29 is 9.59 Å². The van der Waals surface area contributed by atoms with Crippen molar-refractivity contribution in [2.75, 3.05) is 11.4 Å². The molecule has 0 aliphatic carbocycles. The summed E-state index contributed by atoms with van der Waals surface area (Å²) in [6.07, 6.45) is 1.96. The first-order valence-corrected chi connectivity index (χ1v) is 9.53. The molecule has 0 saturated heterocycles. The smallest absolute Gasteiger partial charge is 0.278 e. The molecule has 138 valence electrons. The van der Waals surface area contributed by atoms with Crippen LogP contribution >= 0.6 is 0 Å². The van der Waals surface area contributed by atoms with Crippen LogP contribution in [0.3, 0.4) is 0 Å². The Hall–Kier alpha value is -2.88. The van der Waals surface area contributed by atoms with E-state index in [0.29, 0.717) is 11.3 Å². The second kappa shape index (κ2) is 6.69. The Morgan fingerprint density at radius 3 is 2.33 bits per heavy atom. The van der Waals surface area contributed by atoms with Gasteiger partial charge >= 0.3 is 0 Å². The topological polar surface area (TPSA) is 40.6 Å². The zero-order chi connectivity index (χ0) is 19.1. The number of hydrogen-bond acceptors (Lipinski definition) is 3. The predicted octanol–water partition coefficient (Wildman–Crippen LogP) is 3.94. The maximum absolute atomic E-state index is 13.3. The van der Waals surface area contributed by atoms with Gasteiger partial charge in [-0.3, -0.25) is 14.5 Å². The molecule has 0 spiro atoms. The molecule has 4 heteroatoms. The van der Waals surface area contributed by atoms with Gasteiger partial charge in [0.1, 0.15) is 5.70 Å². The van der Waals surface area contributed by atoms with Gasteiger partial charge in [0.05, 0.1) is 5.57 Å². The monoisotopic (exact) mass is 360 g/mol. The molecule has 2 aromatic carbocycles. The third-order valence-corrected chi connectivity index (χ3v) is 5.33. The van der Waals surface area contributed by atoms with Crippen molar-refractivity contribution in [3.63, 3.8) is 0 Å². The van der Waals surface area contributed by atoms with Crippen molar-refractivity contribution in [1.82, 2.24) is 4.90 Å². The van der Waals surface area contributed by atoms with Crippen LogP contribution in [0.2, 0.25) is 0 Å². The summed E-state index contributed by atoms with van der Waals surface area (Å²) in [6.45, 7) is 6.53. The number of nitrogens with zero attached hydrogens (tertiary/aromatic N) is 2. The molecule has 2 heterocycles. The van der Waals surface area contributed by atoms with E-state index in [4.69, 9.17) is 0 Å². The molecule has 2 amide bonds. The highest BCUT2D eigenvalue weighted by Crippen LogP contribution is 2.38. The van der Waals surface area contributed by atoms with E-state index in [2.05, 4.69) is 11.0 Å². The van der Waals surface area contributed by atoms with Crippen molar-refractivity contribution in [2.45, 2.75) is 39.7 Å². The van der Waals surface area contributed by atoms with E-state index in [-0.39, 0.29) is 17.9 Å². The average Bonchev–Trinajstić information content (AvgIpc) is 2.92. The van der Waals surface area contributed by atoms with Crippen LogP contribution in [0.1, 0.15) is 37.0 Å². The van der Waals surface area contributed by atoms with Crippen molar-refractivity contribution in [2.24, 2.45) is 0 Å². The molecule has 0 N–H and O–H groups in total. The van der Waals surface area contributed by atoms with E-state index in [9.17, 15) is 9.59 Å². The number of imide groups is 1. The zero-order valence-corrected chi connectivity index (χ0v) is 16.0. The van der Waals surface area contributed by atoms with Gasteiger partial charge in [0.2, 0.25) is 0 Å². The van der Waals surface area contributed by atoms with Crippen LogP contribution in [-0.4, -0.2) is 29.3 Å². The number of rotatable bonds is 3. The van der Waals surface area contributed by atoms with Crippen LogP contribution in [0.25, 0.3) is 5.57 Å². The summed E-state index contributed by atoms with van der Waals surface area (Å²) in [4.78, 5) is 30.0. The van der Waals surface area contributed by atoms with Gasteiger partial charge in [0.25, 0.3) is 11.8 Å². The zero-order valence-electron chi connectivity index (χ0n) is 16.0. The Balaban J connectivity index is 1.92. The van der Waals surface area contributed by atoms with E-state index < -0.39 is 0 Å². The Labute approximate surface area is 160 Å². The fourth-order valence-corrected chi connectivity index (χ4v) is 4.00. The number of hydrogen-bond donors (Lipinski definition) is 0. The highest BCUT2D eigenvalue weighted by atomic mass is 16.2. The quantitative estimate of drug-likeness (QED) is 0.779. The van der Waals surface area contributed by atoms with Crippen molar-refractivity contribution in [3.8, 4) is 0 Å². The lowest BCUT2D eigenvalue weighted by Crippen LogP contribution is -2.40. The van der Waals surface area contributed by atoms with E-state index in [0.717, 1.165) is 36.2 Å². The third-order valence-electron chi connectivity index (χ3n) is 5.33. The fraction of sp³-hybridized carbons (Fsp3) is 0.304. The van der Waals surface area contributed by atoms with Crippen LogP contribution in [0, 0.1) is 6.92 Å². The highest BCUT2D eigenvalue weighted by Gasteiger charge is 2.43. The van der Waals surface area contributed by atoms with Crippen LogP contribution in [0.4, 0.5) is 5.69 Å². The lowest BCUT2D eigenvalue weighted by Gasteiger charge is -2.32. The maximum Gasteiger partial charge on any atom is 0.278 e. The molecule has 4 nitrogen and oxygen atoms in total. The molecule has 0 unspecified atom stereocenters. The Morgan fingerprint density at radius 2 is 1.63 bits per heavy atom. The first-order valence-electron chi connectivity index (χ1n) is 9.53. The third kappa shape index (κ3) is 2.85. The molecular weight excluding hydrogens is 336 g/mol. The van der Waals surface area contributed by atoms with E-state index in [1.807, 2.05) is 63.2 Å². The molecule has 0 fully saturated rings. The Kier molecular flexibility index (Phi) is 4.34. The van der Waals surface area contributed by atoms with Gasteiger partial charge < -0.3 is 4.90 Å². The van der Waals surface area contributed by atoms with Crippen LogP contribution in [0.15, 0.2) is 54.2 Å². The second-order valence-electron chi connectivity index (χ2n) is 7.55. The first kappa shape index (κ1) is 17.5. The van der Waals surface area contributed by atoms with E-state index >= 15 is 0 Å². The van der Waals surface area contributed by atoms with Gasteiger partial charge in [-0.15, -0.1) is 0 Å². The standard InChI is InChI=1S/C23H24N2O2/c1-15(2)25-22(26)20(18-12-10-16(3)11-13-18)21(23(25)27)24-14-6-8-17-7-4-5-9-19(17)24/h4-5,7,9-13,15H,6,8,14H2,1-3H3. The highest BCUT2D eigenvalue weighted by molar-refractivity contribution is 6.36. The summed E-state index contributed by atoms with van der Waals surface area (Å²) in [7, 11) is 0. The largest absolute Gasteiger partial charge is 0.336 e. The van der Waals surface area contributed by atoms with E-state index in [1.54, 1.807) is 0 Å². The maximum atomic E-state index is 13.3. The van der Waals surface area contributed by atoms with Gasteiger partial charge in [0.15, 0.2) is 0 Å². The Bertz CT molecular complexity index is 941. The summed E-state index contributed by atoms with van der Waals surface area (Å²) in [5.41, 5.74) is 5.23. The lowest BCUT2D eigenvalue weighted by atomic mass is 9.98. The van der Waals surface area contributed by atoms with Gasteiger partial charge in [0, 0.05) is 18.3 Å². The summed E-state index contributed by atoms with van der Waals surface area (Å²) in [5.74, 6) is -0.390. The Morgan fingerprint density at radius 1 is 0.926 bits per heavy atom. The molecule has 0 aromatic heterocycles. The molecule has 0 radical (unpaired) electrons. The van der Waals surface area contributed by atoms with Gasteiger partial charge in [-0.25, -0.2) is 0 Å². The molecule has 2 aromatic rings. The minimum Gasteiger partial charge on any atom is -0.336 e. The van der Waals surface area contributed by atoms with Crippen molar-refractivity contribution in [1.29, 1.82) is 0 Å². The molecule has 4 rings (SSSR count). The SMILES string of the molecule is Cc1ccc(C2=C(N3CCCc4ccccc43)C(=O)N(C(C)C)C2=O)cc1. The number of anilines is 1. The molecule has 0 atom stereocenters. The number of aryl methyl sites for hydroxylation is 2. The van der Waals surface area contributed by atoms with Crippen molar-refractivity contribution in [3.05, 3.63) is 70.9 Å². The molecular formula is C23H24N2O2. The van der Waals surface area contributed by atoms with Crippen LogP contribution < -0.4 is 4.90 Å². The number of para-hydroxylation sites is 1. The minimum absolute atomic E-state index is 0.178. The summed E-state index contributed by atoms with van der Waals surface area (Å²) in [5, 5.41) is 0. The number of benzene rings is 2. The molecule has 27 heavy (non-hydrogen) atoms. The second-order valence-corrected chi connectivity index (χ2v) is 7.55. The predicted molar refractivity (Wildman–Crippen MR) is 107 cm³/mol.